The maximum Gasteiger partial charge on any atom is 0.411 e. The summed E-state index contributed by atoms with van der Waals surface area (Å²) < 4.78 is 37.0. The monoisotopic (exact) mass is 628 g/mol. The van der Waals surface area contributed by atoms with Gasteiger partial charge in [-0.1, -0.05) is 58.2 Å². The molecule has 1 aliphatic carbocycles. The molecule has 2 fully saturated rings. The SMILES string of the molecule is CC(C)(C)OC(=O)N1CC(OC(F)F)CC1C(=O)N(c1ccc(C(C)(C)C)cc1)C(C(=O)NC1CCCCC1)c1cccnc1. The van der Waals surface area contributed by atoms with E-state index in [4.69, 9.17) is 9.47 Å². The highest BCUT2D eigenvalue weighted by molar-refractivity contribution is 6.05. The fourth-order valence-corrected chi connectivity index (χ4v) is 5.97. The third kappa shape index (κ3) is 8.99. The highest BCUT2D eigenvalue weighted by Crippen LogP contribution is 2.35. The van der Waals surface area contributed by atoms with Crippen LogP contribution in [0.1, 0.15) is 97.2 Å². The van der Waals surface area contributed by atoms with Gasteiger partial charge in [0.05, 0.1) is 12.6 Å². The van der Waals surface area contributed by atoms with Crippen molar-refractivity contribution in [3.63, 3.8) is 0 Å². The summed E-state index contributed by atoms with van der Waals surface area (Å²) in [5.41, 5.74) is 0.842. The van der Waals surface area contributed by atoms with E-state index < -0.39 is 42.4 Å². The molecular weight excluding hydrogens is 582 g/mol. The minimum atomic E-state index is -3.09. The number of aromatic nitrogens is 1. The molecule has 45 heavy (non-hydrogen) atoms. The minimum Gasteiger partial charge on any atom is -0.444 e. The molecule has 1 saturated heterocycles. The zero-order valence-electron chi connectivity index (χ0n) is 27.1. The summed E-state index contributed by atoms with van der Waals surface area (Å²) in [5.74, 6) is -0.997. The first-order valence-corrected chi connectivity index (χ1v) is 15.7. The van der Waals surface area contributed by atoms with E-state index in [2.05, 4.69) is 31.1 Å². The Labute approximate surface area is 264 Å². The number of hydrogen-bond donors (Lipinski definition) is 1. The van der Waals surface area contributed by atoms with E-state index >= 15 is 0 Å². The van der Waals surface area contributed by atoms with Crippen molar-refractivity contribution in [2.45, 2.75) is 122 Å². The number of pyridine rings is 1. The number of nitrogens with one attached hydrogen (secondary N) is 1. The summed E-state index contributed by atoms with van der Waals surface area (Å²) in [6.45, 7) is 7.91. The quantitative estimate of drug-likeness (QED) is 0.357. The van der Waals surface area contributed by atoms with Gasteiger partial charge in [-0.2, -0.15) is 8.78 Å². The van der Waals surface area contributed by atoms with Gasteiger partial charge in [-0.05, 0) is 62.8 Å². The topological polar surface area (TPSA) is 101 Å². The zero-order chi connectivity index (χ0) is 32.9. The summed E-state index contributed by atoms with van der Waals surface area (Å²) >= 11 is 0. The van der Waals surface area contributed by atoms with Crippen LogP contribution in [-0.4, -0.2) is 64.7 Å². The van der Waals surface area contributed by atoms with Gasteiger partial charge in [-0.15, -0.1) is 0 Å². The van der Waals surface area contributed by atoms with E-state index in [1.165, 1.54) is 11.1 Å². The molecule has 0 radical (unpaired) electrons. The molecule has 2 aromatic rings. The Balaban J connectivity index is 1.81. The number of nitrogens with zero attached hydrogens (tertiary/aromatic N) is 3. The fraction of sp³-hybridized carbons (Fsp3) is 0.588. The highest BCUT2D eigenvalue weighted by Gasteiger charge is 2.47. The molecular formula is C34H46F2N4O5. The first kappa shape index (κ1) is 34.3. The summed E-state index contributed by atoms with van der Waals surface area (Å²) in [5, 5.41) is 3.16. The van der Waals surface area contributed by atoms with Crippen molar-refractivity contribution in [2.75, 3.05) is 11.4 Å². The van der Waals surface area contributed by atoms with E-state index in [1.807, 2.05) is 12.1 Å². The van der Waals surface area contributed by atoms with Gasteiger partial charge in [0.1, 0.15) is 17.7 Å². The fourth-order valence-electron chi connectivity index (χ4n) is 5.97. The highest BCUT2D eigenvalue weighted by atomic mass is 19.3. The molecule has 0 bridgehead atoms. The van der Waals surface area contributed by atoms with E-state index in [1.54, 1.807) is 51.2 Å². The molecule has 1 aromatic carbocycles. The second-order valence-electron chi connectivity index (χ2n) is 13.9. The zero-order valence-corrected chi connectivity index (χ0v) is 27.1. The molecule has 1 aliphatic heterocycles. The Hall–Kier alpha value is -3.60. The van der Waals surface area contributed by atoms with Crippen LogP contribution in [0.25, 0.3) is 0 Å². The largest absolute Gasteiger partial charge is 0.444 e. The van der Waals surface area contributed by atoms with Crippen LogP contribution in [0.3, 0.4) is 0 Å². The summed E-state index contributed by atoms with van der Waals surface area (Å²) in [7, 11) is 0. The van der Waals surface area contributed by atoms with Gasteiger partial charge >= 0.3 is 12.7 Å². The Kier molecular flexibility index (Phi) is 10.8. The smallest absolute Gasteiger partial charge is 0.411 e. The molecule has 246 valence electrons. The molecule has 9 nitrogen and oxygen atoms in total. The molecule has 1 N–H and O–H groups in total. The van der Waals surface area contributed by atoms with Crippen LogP contribution in [0, 0.1) is 0 Å². The molecule has 3 atom stereocenters. The number of halogens is 2. The second-order valence-corrected chi connectivity index (χ2v) is 13.9. The van der Waals surface area contributed by atoms with E-state index in [0.717, 1.165) is 42.6 Å². The lowest BCUT2D eigenvalue weighted by molar-refractivity contribution is -0.159. The number of likely N-dealkylation sites (tertiary alicyclic amines) is 1. The van der Waals surface area contributed by atoms with Gasteiger partial charge in [-0.3, -0.25) is 24.4 Å². The Morgan fingerprint density at radius 3 is 2.22 bits per heavy atom. The maximum absolute atomic E-state index is 14.8. The van der Waals surface area contributed by atoms with Gasteiger partial charge in [0.25, 0.3) is 5.91 Å². The predicted octanol–water partition coefficient (Wildman–Crippen LogP) is 6.52. The standard InChI is InChI=1S/C34H46F2N4O5/c1-33(2,3)23-14-16-25(17-15-23)40(28(22-11-10-18-37-20-22)29(41)38-24-12-8-7-9-13-24)30(42)27-19-26(44-31(35)36)21-39(27)32(43)45-34(4,5)6/h10-11,14-18,20,24,26-28,31H,7-9,12-13,19,21H2,1-6H3,(H,38,41). The lowest BCUT2D eigenvalue weighted by Gasteiger charge is -2.36. The minimum absolute atomic E-state index is 0.0424. The summed E-state index contributed by atoms with van der Waals surface area (Å²) in [6.07, 6.45) is 5.77. The number of alkyl halides is 2. The third-order valence-electron chi connectivity index (χ3n) is 8.18. The number of rotatable bonds is 8. The molecule has 4 rings (SSSR count). The van der Waals surface area contributed by atoms with Crippen molar-refractivity contribution in [1.82, 2.24) is 15.2 Å². The van der Waals surface area contributed by atoms with Crippen LogP contribution in [0.5, 0.6) is 0 Å². The van der Waals surface area contributed by atoms with Crippen LogP contribution in [-0.2, 0) is 24.5 Å². The lowest BCUT2D eigenvalue weighted by atomic mass is 9.87. The number of hydrogen-bond acceptors (Lipinski definition) is 6. The molecule has 2 aliphatic rings. The van der Waals surface area contributed by atoms with Crippen molar-refractivity contribution in [2.24, 2.45) is 0 Å². The normalized spacial score (nSPS) is 20.2. The molecule has 3 unspecified atom stereocenters. The molecule has 1 saturated carbocycles. The van der Waals surface area contributed by atoms with Crippen molar-refractivity contribution in [3.05, 3.63) is 59.9 Å². The van der Waals surface area contributed by atoms with Crippen molar-refractivity contribution in [3.8, 4) is 0 Å². The van der Waals surface area contributed by atoms with Crippen molar-refractivity contribution in [1.29, 1.82) is 0 Å². The summed E-state index contributed by atoms with van der Waals surface area (Å²) in [6, 6.07) is 8.35. The lowest BCUT2D eigenvalue weighted by Crippen LogP contribution is -2.53. The molecule has 2 heterocycles. The maximum atomic E-state index is 14.8. The number of amides is 3. The van der Waals surface area contributed by atoms with Crippen LogP contribution < -0.4 is 10.2 Å². The van der Waals surface area contributed by atoms with Crippen molar-refractivity contribution >= 4 is 23.6 Å². The van der Waals surface area contributed by atoms with E-state index in [-0.39, 0.29) is 30.3 Å². The van der Waals surface area contributed by atoms with E-state index in [9.17, 15) is 23.2 Å². The Morgan fingerprint density at radius 1 is 1.00 bits per heavy atom. The number of ether oxygens (including phenoxy) is 2. The Morgan fingerprint density at radius 2 is 1.67 bits per heavy atom. The average molecular weight is 629 g/mol. The number of benzene rings is 1. The first-order valence-electron chi connectivity index (χ1n) is 15.7. The number of anilines is 1. The molecule has 3 amide bonds. The Bertz CT molecular complexity index is 1300. The van der Waals surface area contributed by atoms with Gasteiger partial charge in [0.2, 0.25) is 5.91 Å². The second kappa shape index (κ2) is 14.2. The van der Waals surface area contributed by atoms with Crippen LogP contribution in [0.15, 0.2) is 48.8 Å². The molecule has 11 heteroatoms. The predicted molar refractivity (Wildman–Crippen MR) is 167 cm³/mol. The third-order valence-corrected chi connectivity index (χ3v) is 8.18. The van der Waals surface area contributed by atoms with Gasteiger partial charge in [0, 0.05) is 36.1 Å². The molecule has 1 aromatic heterocycles. The first-order chi connectivity index (χ1) is 21.1. The molecule has 0 spiro atoms. The van der Waals surface area contributed by atoms with Crippen LogP contribution >= 0.6 is 0 Å². The van der Waals surface area contributed by atoms with Gasteiger partial charge in [-0.25, -0.2) is 4.79 Å². The average Bonchev–Trinajstić information content (AvgIpc) is 3.38. The number of carbonyl (C=O) groups is 3. The van der Waals surface area contributed by atoms with Gasteiger partial charge < -0.3 is 14.8 Å². The summed E-state index contributed by atoms with van der Waals surface area (Å²) in [4.78, 5) is 49.1. The van der Waals surface area contributed by atoms with Crippen LogP contribution in [0.2, 0.25) is 0 Å². The van der Waals surface area contributed by atoms with Crippen molar-refractivity contribution < 1.29 is 32.6 Å². The van der Waals surface area contributed by atoms with Gasteiger partial charge in [0.15, 0.2) is 0 Å². The van der Waals surface area contributed by atoms with E-state index in [0.29, 0.717) is 11.3 Å². The number of carbonyl (C=O) groups excluding carboxylic acids is 3. The van der Waals surface area contributed by atoms with Crippen LogP contribution in [0.4, 0.5) is 19.3 Å².